The lowest BCUT2D eigenvalue weighted by atomic mass is 10.1. The number of rotatable bonds is 3. The molecule has 0 aromatic heterocycles. The van der Waals surface area contributed by atoms with Crippen molar-refractivity contribution in [2.45, 2.75) is 32.9 Å². The van der Waals surface area contributed by atoms with Crippen LogP contribution in [-0.4, -0.2) is 34.2 Å². The van der Waals surface area contributed by atoms with E-state index in [-0.39, 0.29) is 5.92 Å². The van der Waals surface area contributed by atoms with Crippen molar-refractivity contribution >= 4 is 11.9 Å². The Morgan fingerprint density at radius 2 is 1.29 bits per heavy atom. The topological polar surface area (TPSA) is 127 Å². The van der Waals surface area contributed by atoms with Crippen molar-refractivity contribution in [3.05, 3.63) is 0 Å². The molecule has 0 aliphatic rings. The molecular formula is C8H18N2O4. The molecule has 0 aromatic rings. The van der Waals surface area contributed by atoms with Crippen molar-refractivity contribution in [3.63, 3.8) is 0 Å². The highest BCUT2D eigenvalue weighted by Gasteiger charge is 2.14. The Kier molecular flexibility index (Phi) is 7.98. The second kappa shape index (κ2) is 7.28. The molecule has 0 amide bonds. The normalized spacial score (nSPS) is 13.9. The van der Waals surface area contributed by atoms with E-state index in [9.17, 15) is 9.59 Å². The minimum Gasteiger partial charge on any atom is -0.480 e. The van der Waals surface area contributed by atoms with Gasteiger partial charge in [0.2, 0.25) is 0 Å². The average Bonchev–Trinajstić information content (AvgIpc) is 2.03. The first-order chi connectivity index (χ1) is 6.20. The van der Waals surface area contributed by atoms with Gasteiger partial charge in [-0.2, -0.15) is 0 Å². The van der Waals surface area contributed by atoms with Gasteiger partial charge in [0.05, 0.1) is 0 Å². The van der Waals surface area contributed by atoms with E-state index in [0.29, 0.717) is 0 Å². The summed E-state index contributed by atoms with van der Waals surface area (Å²) in [6.45, 7) is 4.97. The molecule has 0 aromatic carbocycles. The van der Waals surface area contributed by atoms with Gasteiger partial charge in [-0.25, -0.2) is 0 Å². The second-order valence-electron chi connectivity index (χ2n) is 3.23. The van der Waals surface area contributed by atoms with Crippen LogP contribution >= 0.6 is 0 Å². The zero-order chi connectivity index (χ0) is 11.9. The first-order valence-corrected chi connectivity index (χ1v) is 4.16. The Bertz CT molecular complexity index is 192. The Hall–Kier alpha value is -1.14. The van der Waals surface area contributed by atoms with Crippen LogP contribution in [0.1, 0.15) is 20.8 Å². The first-order valence-electron chi connectivity index (χ1n) is 4.16. The van der Waals surface area contributed by atoms with Gasteiger partial charge in [-0.15, -0.1) is 0 Å². The molecule has 0 spiro atoms. The van der Waals surface area contributed by atoms with E-state index >= 15 is 0 Å². The third-order valence-electron chi connectivity index (χ3n) is 1.39. The van der Waals surface area contributed by atoms with E-state index in [0.717, 1.165) is 0 Å². The largest absolute Gasteiger partial charge is 0.480 e. The van der Waals surface area contributed by atoms with Gasteiger partial charge in [-0.3, -0.25) is 9.59 Å². The predicted molar refractivity (Wildman–Crippen MR) is 51.7 cm³/mol. The number of aliphatic carboxylic acids is 2. The predicted octanol–water partition coefficient (Wildman–Crippen LogP) is -0.527. The Balaban J connectivity index is 0. The first kappa shape index (κ1) is 15.3. The van der Waals surface area contributed by atoms with Crippen molar-refractivity contribution in [2.24, 2.45) is 17.4 Å². The van der Waals surface area contributed by atoms with Gasteiger partial charge in [0, 0.05) is 0 Å². The van der Waals surface area contributed by atoms with Crippen molar-refractivity contribution in [1.82, 2.24) is 0 Å². The van der Waals surface area contributed by atoms with Gasteiger partial charge in [0.1, 0.15) is 12.1 Å². The molecule has 0 unspecified atom stereocenters. The number of carboxylic acids is 2. The Morgan fingerprint density at radius 3 is 1.29 bits per heavy atom. The fourth-order valence-corrected chi connectivity index (χ4v) is 0.285. The van der Waals surface area contributed by atoms with Crippen LogP contribution in [0.3, 0.4) is 0 Å². The molecule has 0 fully saturated rings. The van der Waals surface area contributed by atoms with Crippen molar-refractivity contribution in [1.29, 1.82) is 0 Å². The number of hydrogen-bond donors (Lipinski definition) is 4. The van der Waals surface area contributed by atoms with Crippen molar-refractivity contribution in [3.8, 4) is 0 Å². The summed E-state index contributed by atoms with van der Waals surface area (Å²) in [7, 11) is 0. The monoisotopic (exact) mass is 206 g/mol. The molecule has 0 saturated heterocycles. The highest BCUT2D eigenvalue weighted by molar-refractivity contribution is 5.73. The van der Waals surface area contributed by atoms with Gasteiger partial charge in [0.25, 0.3) is 0 Å². The summed E-state index contributed by atoms with van der Waals surface area (Å²) in [6.07, 6.45) is 0. The van der Waals surface area contributed by atoms with Crippen LogP contribution in [0.4, 0.5) is 0 Å². The summed E-state index contributed by atoms with van der Waals surface area (Å²) in [6, 6.07) is -1.44. The zero-order valence-corrected chi connectivity index (χ0v) is 8.60. The molecule has 14 heavy (non-hydrogen) atoms. The van der Waals surface area contributed by atoms with Crippen molar-refractivity contribution < 1.29 is 19.8 Å². The van der Waals surface area contributed by atoms with Gasteiger partial charge < -0.3 is 21.7 Å². The molecule has 0 rings (SSSR count). The summed E-state index contributed by atoms with van der Waals surface area (Å²) in [5.41, 5.74) is 10.00. The highest BCUT2D eigenvalue weighted by atomic mass is 16.4. The molecule has 6 nitrogen and oxygen atoms in total. The van der Waals surface area contributed by atoms with Gasteiger partial charge in [-0.1, -0.05) is 13.8 Å². The fourth-order valence-electron chi connectivity index (χ4n) is 0.285. The van der Waals surface area contributed by atoms with E-state index in [1.165, 1.54) is 6.92 Å². The van der Waals surface area contributed by atoms with E-state index in [1.54, 1.807) is 13.8 Å². The van der Waals surface area contributed by atoms with Crippen LogP contribution < -0.4 is 11.5 Å². The van der Waals surface area contributed by atoms with E-state index in [2.05, 4.69) is 0 Å². The third kappa shape index (κ3) is 8.95. The molecule has 0 aliphatic carbocycles. The zero-order valence-electron chi connectivity index (χ0n) is 8.60. The summed E-state index contributed by atoms with van der Waals surface area (Å²) < 4.78 is 0. The number of hydrogen-bond acceptors (Lipinski definition) is 4. The van der Waals surface area contributed by atoms with Crippen LogP contribution in [0.5, 0.6) is 0 Å². The molecule has 0 heterocycles. The average molecular weight is 206 g/mol. The quantitative estimate of drug-likeness (QED) is 0.491. The SMILES string of the molecule is CC(C)[C@@H](N)C(=O)O.C[C@@H](N)C(=O)O. The van der Waals surface area contributed by atoms with E-state index in [4.69, 9.17) is 21.7 Å². The third-order valence-corrected chi connectivity index (χ3v) is 1.39. The molecule has 0 radical (unpaired) electrons. The van der Waals surface area contributed by atoms with E-state index in [1.807, 2.05) is 0 Å². The molecule has 0 bridgehead atoms. The number of carboxylic acid groups (broad SMARTS) is 2. The molecule has 0 aliphatic heterocycles. The fraction of sp³-hybridized carbons (Fsp3) is 0.750. The smallest absolute Gasteiger partial charge is 0.320 e. The minimum absolute atomic E-state index is 0.0208. The van der Waals surface area contributed by atoms with Crippen molar-refractivity contribution in [2.75, 3.05) is 0 Å². The maximum atomic E-state index is 10.0. The van der Waals surface area contributed by atoms with Crippen LogP contribution in [0.25, 0.3) is 0 Å². The summed E-state index contributed by atoms with van der Waals surface area (Å²) in [4.78, 5) is 19.6. The minimum atomic E-state index is -0.963. The Labute approximate surface area is 82.9 Å². The lowest BCUT2D eigenvalue weighted by molar-refractivity contribution is -0.140. The van der Waals surface area contributed by atoms with Crippen LogP contribution in [0, 0.1) is 5.92 Å². The lowest BCUT2D eigenvalue weighted by Gasteiger charge is -2.07. The van der Waals surface area contributed by atoms with Gasteiger partial charge in [0.15, 0.2) is 0 Å². The van der Waals surface area contributed by atoms with Crippen LogP contribution in [0.2, 0.25) is 0 Å². The molecule has 84 valence electrons. The number of carbonyl (C=O) groups is 2. The maximum Gasteiger partial charge on any atom is 0.320 e. The molecular weight excluding hydrogens is 188 g/mol. The maximum absolute atomic E-state index is 10.0. The Morgan fingerprint density at radius 1 is 1.00 bits per heavy atom. The highest BCUT2D eigenvalue weighted by Crippen LogP contribution is 1.96. The standard InChI is InChI=1S/C5H11NO2.C3H7NO2/c1-3(2)4(6)5(7)8;1-2(4)3(5)6/h3-4H,6H2,1-2H3,(H,7,8);2H,4H2,1H3,(H,5,6)/t4-;2-/m11/s1. The second-order valence-corrected chi connectivity index (χ2v) is 3.23. The molecule has 6 heteroatoms. The summed E-state index contributed by atoms with van der Waals surface area (Å²) >= 11 is 0. The molecule has 6 N–H and O–H groups in total. The molecule has 2 atom stereocenters. The summed E-state index contributed by atoms with van der Waals surface area (Å²) in [5, 5.41) is 16.1. The van der Waals surface area contributed by atoms with Gasteiger partial charge >= 0.3 is 11.9 Å². The molecule has 0 saturated carbocycles. The van der Waals surface area contributed by atoms with E-state index < -0.39 is 24.0 Å². The van der Waals surface area contributed by atoms with Crippen LogP contribution in [0.15, 0.2) is 0 Å². The lowest BCUT2D eigenvalue weighted by Crippen LogP contribution is -2.34. The van der Waals surface area contributed by atoms with Gasteiger partial charge in [-0.05, 0) is 12.8 Å². The number of nitrogens with two attached hydrogens (primary N) is 2. The van der Waals surface area contributed by atoms with Crippen LogP contribution in [-0.2, 0) is 9.59 Å². The summed E-state index contributed by atoms with van der Waals surface area (Å²) in [5.74, 6) is -1.87.